The fourth-order valence-electron chi connectivity index (χ4n) is 3.42. The average Bonchev–Trinajstić information content (AvgIpc) is 3.01. The Bertz CT molecular complexity index is 532. The van der Waals surface area contributed by atoms with E-state index < -0.39 is 0 Å². The van der Waals surface area contributed by atoms with Crippen LogP contribution in [0, 0.1) is 11.8 Å². The third-order valence-electron chi connectivity index (χ3n) is 4.60. The molecule has 0 bridgehead atoms. The van der Waals surface area contributed by atoms with Crippen LogP contribution in [0.4, 0.5) is 5.69 Å². The van der Waals surface area contributed by atoms with Gasteiger partial charge in [0.05, 0.1) is 18.8 Å². The van der Waals surface area contributed by atoms with Crippen LogP contribution < -0.4 is 10.5 Å². The molecule has 2 aliphatic rings. The Kier molecular flexibility index (Phi) is 3.30. The summed E-state index contributed by atoms with van der Waals surface area (Å²) in [5, 5.41) is 9.92. The van der Waals surface area contributed by atoms with Gasteiger partial charge in [0.15, 0.2) is 0 Å². The van der Waals surface area contributed by atoms with Crippen molar-refractivity contribution in [3.05, 3.63) is 23.8 Å². The van der Waals surface area contributed by atoms with Gasteiger partial charge in [-0.1, -0.05) is 0 Å². The summed E-state index contributed by atoms with van der Waals surface area (Å²) >= 11 is 0. The molecule has 1 aromatic carbocycles. The van der Waals surface area contributed by atoms with Gasteiger partial charge in [-0.15, -0.1) is 0 Å². The number of aliphatic hydroxyl groups excluding tert-OH is 1. The van der Waals surface area contributed by atoms with Gasteiger partial charge in [-0.2, -0.15) is 0 Å². The minimum Gasteiger partial charge on any atom is -0.497 e. The average molecular weight is 276 g/mol. The zero-order valence-electron chi connectivity index (χ0n) is 11.6. The predicted molar refractivity (Wildman–Crippen MR) is 75.5 cm³/mol. The number of amides is 1. The van der Waals surface area contributed by atoms with E-state index in [1.807, 2.05) is 4.90 Å². The minimum atomic E-state index is -0.263. The number of carbonyl (C=O) groups is 1. The number of benzene rings is 1. The maximum absolute atomic E-state index is 12.6. The van der Waals surface area contributed by atoms with Crippen LogP contribution in [0.2, 0.25) is 0 Å². The fraction of sp³-hybridized carbons (Fsp3) is 0.533. The Morgan fingerprint density at radius 3 is 2.90 bits per heavy atom. The highest BCUT2D eigenvalue weighted by Crippen LogP contribution is 2.38. The van der Waals surface area contributed by atoms with E-state index in [9.17, 15) is 9.90 Å². The van der Waals surface area contributed by atoms with E-state index in [0.29, 0.717) is 29.5 Å². The molecule has 20 heavy (non-hydrogen) atoms. The second kappa shape index (κ2) is 4.98. The molecule has 3 N–H and O–H groups in total. The van der Waals surface area contributed by atoms with Gasteiger partial charge in [0, 0.05) is 24.7 Å². The topological polar surface area (TPSA) is 75.8 Å². The molecule has 1 aliphatic heterocycles. The van der Waals surface area contributed by atoms with Crippen molar-refractivity contribution in [1.29, 1.82) is 0 Å². The number of carbonyl (C=O) groups excluding carboxylic acids is 1. The molecular weight excluding hydrogens is 256 g/mol. The molecule has 1 saturated carbocycles. The van der Waals surface area contributed by atoms with E-state index in [2.05, 4.69) is 0 Å². The van der Waals surface area contributed by atoms with E-state index in [0.717, 1.165) is 19.4 Å². The summed E-state index contributed by atoms with van der Waals surface area (Å²) in [6.45, 7) is 1.35. The highest BCUT2D eigenvalue weighted by atomic mass is 16.5. The van der Waals surface area contributed by atoms with Crippen molar-refractivity contribution < 1.29 is 14.6 Å². The first-order valence-corrected chi connectivity index (χ1v) is 7.01. The van der Waals surface area contributed by atoms with Crippen LogP contribution in [0.25, 0.3) is 0 Å². The number of rotatable bonds is 2. The van der Waals surface area contributed by atoms with Crippen LogP contribution in [0.1, 0.15) is 23.2 Å². The molecule has 3 unspecified atom stereocenters. The molecular formula is C15H20N2O3. The lowest BCUT2D eigenvalue weighted by Crippen LogP contribution is -2.31. The van der Waals surface area contributed by atoms with Gasteiger partial charge < -0.3 is 20.5 Å². The Labute approximate surface area is 118 Å². The first kappa shape index (κ1) is 13.2. The third-order valence-corrected chi connectivity index (χ3v) is 4.60. The first-order chi connectivity index (χ1) is 9.60. The molecule has 108 valence electrons. The van der Waals surface area contributed by atoms with Crippen molar-refractivity contribution in [1.82, 2.24) is 4.90 Å². The number of nitrogens with two attached hydrogens (primary N) is 1. The molecule has 1 amide bonds. The Morgan fingerprint density at radius 1 is 1.40 bits per heavy atom. The van der Waals surface area contributed by atoms with Gasteiger partial charge in [-0.3, -0.25) is 4.79 Å². The number of fused-ring (bicyclic) bond motifs is 1. The lowest BCUT2D eigenvalue weighted by Gasteiger charge is -2.19. The molecule has 0 spiro atoms. The Morgan fingerprint density at radius 2 is 2.20 bits per heavy atom. The van der Waals surface area contributed by atoms with E-state index in [4.69, 9.17) is 10.5 Å². The molecule has 1 aliphatic carbocycles. The Balaban J connectivity index is 1.80. The van der Waals surface area contributed by atoms with Crippen molar-refractivity contribution in [2.24, 2.45) is 11.8 Å². The summed E-state index contributed by atoms with van der Waals surface area (Å²) < 4.78 is 5.15. The number of hydrogen-bond acceptors (Lipinski definition) is 4. The van der Waals surface area contributed by atoms with Crippen LogP contribution in [-0.4, -0.2) is 42.2 Å². The minimum absolute atomic E-state index is 0.0667. The molecule has 1 saturated heterocycles. The quantitative estimate of drug-likeness (QED) is 0.794. The molecule has 3 atom stereocenters. The van der Waals surface area contributed by atoms with Gasteiger partial charge in [-0.05, 0) is 37.0 Å². The normalized spacial score (nSPS) is 28.5. The highest BCUT2D eigenvalue weighted by Gasteiger charge is 2.43. The second-order valence-electron chi connectivity index (χ2n) is 5.73. The monoisotopic (exact) mass is 276 g/mol. The smallest absolute Gasteiger partial charge is 0.256 e. The maximum Gasteiger partial charge on any atom is 0.256 e. The highest BCUT2D eigenvalue weighted by molar-refractivity contribution is 5.99. The number of hydrogen-bond donors (Lipinski definition) is 2. The van der Waals surface area contributed by atoms with Crippen LogP contribution in [0.3, 0.4) is 0 Å². The summed E-state index contributed by atoms with van der Waals surface area (Å²) in [5.74, 6) is 1.22. The number of ether oxygens (including phenoxy) is 1. The van der Waals surface area contributed by atoms with E-state index in [1.165, 1.54) is 0 Å². The number of methoxy groups -OCH3 is 1. The lowest BCUT2D eigenvalue weighted by molar-refractivity contribution is 0.0753. The molecule has 1 heterocycles. The SMILES string of the molecule is COc1ccc(N)c(C(=O)N2CC3CCC(O)C3C2)c1. The molecule has 1 aromatic rings. The number of anilines is 1. The molecule has 5 nitrogen and oxygen atoms in total. The summed E-state index contributed by atoms with van der Waals surface area (Å²) in [6.07, 6.45) is 1.60. The van der Waals surface area contributed by atoms with Crippen LogP contribution >= 0.6 is 0 Å². The number of likely N-dealkylation sites (tertiary alicyclic amines) is 1. The van der Waals surface area contributed by atoms with Crippen molar-refractivity contribution in [3.8, 4) is 5.75 Å². The first-order valence-electron chi connectivity index (χ1n) is 7.01. The van der Waals surface area contributed by atoms with Gasteiger partial charge in [0.25, 0.3) is 5.91 Å². The number of nitrogens with zero attached hydrogens (tertiary/aromatic N) is 1. The van der Waals surface area contributed by atoms with E-state index in [1.54, 1.807) is 25.3 Å². The van der Waals surface area contributed by atoms with E-state index >= 15 is 0 Å². The predicted octanol–water partition coefficient (Wildman–Crippen LogP) is 1.12. The van der Waals surface area contributed by atoms with Crippen LogP contribution in [-0.2, 0) is 0 Å². The molecule has 5 heteroatoms. The Hall–Kier alpha value is -1.75. The molecule has 0 aromatic heterocycles. The van der Waals surface area contributed by atoms with Gasteiger partial charge >= 0.3 is 0 Å². The van der Waals surface area contributed by atoms with Crippen LogP contribution in [0.5, 0.6) is 5.75 Å². The van der Waals surface area contributed by atoms with Gasteiger partial charge in [-0.25, -0.2) is 0 Å². The molecule has 0 radical (unpaired) electrons. The summed E-state index contributed by atoms with van der Waals surface area (Å²) in [4.78, 5) is 14.4. The number of nitrogen functional groups attached to an aromatic ring is 1. The van der Waals surface area contributed by atoms with Crippen molar-refractivity contribution in [2.45, 2.75) is 18.9 Å². The third kappa shape index (κ3) is 2.12. The molecule has 3 rings (SSSR count). The van der Waals surface area contributed by atoms with Crippen LogP contribution in [0.15, 0.2) is 18.2 Å². The van der Waals surface area contributed by atoms with Gasteiger partial charge in [0.1, 0.15) is 5.75 Å². The molecule has 2 fully saturated rings. The fourth-order valence-corrected chi connectivity index (χ4v) is 3.42. The lowest BCUT2D eigenvalue weighted by atomic mass is 10.00. The second-order valence-corrected chi connectivity index (χ2v) is 5.73. The summed E-state index contributed by atoms with van der Waals surface area (Å²) in [6, 6.07) is 5.12. The summed E-state index contributed by atoms with van der Waals surface area (Å²) in [7, 11) is 1.57. The van der Waals surface area contributed by atoms with Crippen molar-refractivity contribution in [2.75, 3.05) is 25.9 Å². The zero-order valence-corrected chi connectivity index (χ0v) is 11.6. The van der Waals surface area contributed by atoms with Crippen molar-refractivity contribution >= 4 is 11.6 Å². The maximum atomic E-state index is 12.6. The van der Waals surface area contributed by atoms with E-state index in [-0.39, 0.29) is 17.9 Å². The zero-order chi connectivity index (χ0) is 14.3. The number of aliphatic hydroxyl groups is 1. The largest absolute Gasteiger partial charge is 0.497 e. The van der Waals surface area contributed by atoms with Gasteiger partial charge in [0.2, 0.25) is 0 Å². The standard InChI is InChI=1S/C15H20N2O3/c1-20-10-3-4-13(16)11(6-10)15(19)17-7-9-2-5-14(18)12(9)8-17/h3-4,6,9,12,14,18H,2,5,7-8,16H2,1H3. The van der Waals surface area contributed by atoms with Crippen molar-refractivity contribution in [3.63, 3.8) is 0 Å². The summed E-state index contributed by atoms with van der Waals surface area (Å²) in [5.41, 5.74) is 6.85.